The van der Waals surface area contributed by atoms with Gasteiger partial charge in [0, 0.05) is 18.7 Å². The van der Waals surface area contributed by atoms with Gasteiger partial charge in [-0.05, 0) is 54.7 Å². The fourth-order valence-corrected chi connectivity index (χ4v) is 5.55. The number of rotatable bonds is 7. The van der Waals surface area contributed by atoms with Crippen LogP contribution in [0, 0.1) is 0 Å². The zero-order valence-electron chi connectivity index (χ0n) is 19.3. The van der Waals surface area contributed by atoms with Crippen LogP contribution in [-0.2, 0) is 10.0 Å². The standard InChI is InChI=1S/C24H29N3O5S/c1-16(2)17-7-10-20(11-8-17)33(28,29)27-13-5-6-19(15-27)24-25-23(26-32-24)18-9-12-21(30-3)22(14-18)31-4/h7-12,14,16,19H,5-6,13,15H2,1-4H3/t19-/m0/s1. The Hall–Kier alpha value is -2.91. The van der Waals surface area contributed by atoms with Crippen LogP contribution in [-0.4, -0.2) is 50.2 Å². The van der Waals surface area contributed by atoms with Crippen LogP contribution in [0.15, 0.2) is 51.9 Å². The highest BCUT2D eigenvalue weighted by Gasteiger charge is 2.33. The molecule has 1 saturated heterocycles. The van der Waals surface area contributed by atoms with Crippen LogP contribution in [0.1, 0.15) is 50.0 Å². The predicted molar refractivity (Wildman–Crippen MR) is 124 cm³/mol. The van der Waals surface area contributed by atoms with Gasteiger partial charge in [0.05, 0.1) is 25.0 Å². The Bertz CT molecular complexity index is 1210. The van der Waals surface area contributed by atoms with E-state index in [-0.39, 0.29) is 5.92 Å². The van der Waals surface area contributed by atoms with Crippen molar-refractivity contribution in [2.24, 2.45) is 0 Å². The largest absolute Gasteiger partial charge is 0.493 e. The van der Waals surface area contributed by atoms with E-state index in [0.29, 0.717) is 47.1 Å². The molecule has 1 aromatic heterocycles. The maximum atomic E-state index is 13.2. The van der Waals surface area contributed by atoms with Gasteiger partial charge in [0.2, 0.25) is 21.7 Å². The van der Waals surface area contributed by atoms with Crippen molar-refractivity contribution in [2.75, 3.05) is 27.3 Å². The quantitative estimate of drug-likeness (QED) is 0.502. The highest BCUT2D eigenvalue weighted by molar-refractivity contribution is 7.89. The Morgan fingerprint density at radius 1 is 1.06 bits per heavy atom. The third-order valence-corrected chi connectivity index (χ3v) is 7.88. The number of methoxy groups -OCH3 is 2. The molecular formula is C24H29N3O5S. The van der Waals surface area contributed by atoms with Crippen LogP contribution < -0.4 is 9.47 Å². The van der Waals surface area contributed by atoms with Gasteiger partial charge < -0.3 is 14.0 Å². The van der Waals surface area contributed by atoms with Gasteiger partial charge in [0.1, 0.15) is 0 Å². The number of sulfonamides is 1. The first-order valence-electron chi connectivity index (χ1n) is 11.0. The molecule has 0 saturated carbocycles. The van der Waals surface area contributed by atoms with Crippen molar-refractivity contribution in [3.05, 3.63) is 53.9 Å². The molecule has 0 N–H and O–H groups in total. The van der Waals surface area contributed by atoms with Crippen molar-refractivity contribution in [1.29, 1.82) is 0 Å². The van der Waals surface area contributed by atoms with Crippen molar-refractivity contribution in [2.45, 2.75) is 43.4 Å². The van der Waals surface area contributed by atoms with Gasteiger partial charge in [-0.3, -0.25) is 0 Å². The van der Waals surface area contributed by atoms with Gasteiger partial charge in [-0.25, -0.2) is 8.42 Å². The van der Waals surface area contributed by atoms with Gasteiger partial charge in [-0.1, -0.05) is 31.1 Å². The lowest BCUT2D eigenvalue weighted by atomic mass is 10.00. The molecule has 0 bridgehead atoms. The third kappa shape index (κ3) is 4.74. The van der Waals surface area contributed by atoms with Gasteiger partial charge >= 0.3 is 0 Å². The number of nitrogens with zero attached hydrogens (tertiary/aromatic N) is 3. The third-order valence-electron chi connectivity index (χ3n) is 6.00. The minimum Gasteiger partial charge on any atom is -0.493 e. The summed E-state index contributed by atoms with van der Waals surface area (Å²) in [6, 6.07) is 12.5. The molecule has 33 heavy (non-hydrogen) atoms. The number of piperidine rings is 1. The minimum absolute atomic E-state index is 0.162. The summed E-state index contributed by atoms with van der Waals surface area (Å²) in [6.07, 6.45) is 1.51. The maximum absolute atomic E-state index is 13.2. The van der Waals surface area contributed by atoms with E-state index in [1.54, 1.807) is 38.5 Å². The highest BCUT2D eigenvalue weighted by Crippen LogP contribution is 2.34. The second-order valence-corrected chi connectivity index (χ2v) is 10.4. The lowest BCUT2D eigenvalue weighted by Crippen LogP contribution is -2.39. The molecule has 9 heteroatoms. The van der Waals surface area contributed by atoms with E-state index in [0.717, 1.165) is 24.0 Å². The first-order valence-corrected chi connectivity index (χ1v) is 12.4. The van der Waals surface area contributed by atoms with Crippen LogP contribution in [0.2, 0.25) is 0 Å². The smallest absolute Gasteiger partial charge is 0.243 e. The molecule has 0 spiro atoms. The highest BCUT2D eigenvalue weighted by atomic mass is 32.2. The Morgan fingerprint density at radius 2 is 1.79 bits per heavy atom. The average molecular weight is 472 g/mol. The van der Waals surface area contributed by atoms with Crippen LogP contribution in [0.25, 0.3) is 11.4 Å². The molecule has 0 radical (unpaired) electrons. The summed E-state index contributed by atoms with van der Waals surface area (Å²) in [5.41, 5.74) is 1.84. The van der Waals surface area contributed by atoms with Gasteiger partial charge in [0.15, 0.2) is 11.5 Å². The lowest BCUT2D eigenvalue weighted by Gasteiger charge is -2.30. The first kappa shape index (κ1) is 23.3. The SMILES string of the molecule is COc1ccc(-c2noc([C@H]3CCCN(S(=O)(=O)c4ccc(C(C)C)cc4)C3)n2)cc1OC. The molecule has 2 aromatic carbocycles. The fourth-order valence-electron chi connectivity index (χ4n) is 4.03. The molecule has 0 aliphatic carbocycles. The lowest BCUT2D eigenvalue weighted by molar-refractivity contribution is 0.265. The average Bonchev–Trinajstić information content (AvgIpc) is 3.34. The second-order valence-electron chi connectivity index (χ2n) is 8.45. The maximum Gasteiger partial charge on any atom is 0.243 e. The Balaban J connectivity index is 1.53. The molecule has 2 heterocycles. The number of ether oxygens (including phenoxy) is 2. The first-order chi connectivity index (χ1) is 15.8. The zero-order valence-corrected chi connectivity index (χ0v) is 20.1. The number of aromatic nitrogens is 2. The van der Waals surface area contributed by atoms with E-state index in [1.165, 1.54) is 4.31 Å². The normalized spacial score (nSPS) is 17.3. The minimum atomic E-state index is -3.59. The van der Waals surface area contributed by atoms with E-state index in [9.17, 15) is 8.42 Å². The summed E-state index contributed by atoms with van der Waals surface area (Å²) in [5, 5.41) is 4.11. The summed E-state index contributed by atoms with van der Waals surface area (Å²) in [5.74, 6) is 2.23. The van der Waals surface area contributed by atoms with Crippen molar-refractivity contribution in [3.63, 3.8) is 0 Å². The van der Waals surface area contributed by atoms with Crippen LogP contribution >= 0.6 is 0 Å². The van der Waals surface area contributed by atoms with Crippen LogP contribution in [0.4, 0.5) is 0 Å². The van der Waals surface area contributed by atoms with E-state index >= 15 is 0 Å². The zero-order chi connectivity index (χ0) is 23.6. The van der Waals surface area contributed by atoms with Crippen LogP contribution in [0.3, 0.4) is 0 Å². The summed E-state index contributed by atoms with van der Waals surface area (Å²) in [6.45, 7) is 4.95. The summed E-state index contributed by atoms with van der Waals surface area (Å²) < 4.78 is 44.2. The second kappa shape index (κ2) is 9.52. The van der Waals surface area contributed by atoms with Crippen molar-refractivity contribution < 1.29 is 22.4 Å². The van der Waals surface area contributed by atoms with Crippen LogP contribution in [0.5, 0.6) is 11.5 Å². The van der Waals surface area contributed by atoms with E-state index in [2.05, 4.69) is 24.0 Å². The molecule has 1 aliphatic rings. The van der Waals surface area contributed by atoms with Crippen molar-refractivity contribution >= 4 is 10.0 Å². The topological polar surface area (TPSA) is 94.8 Å². The number of hydrogen-bond donors (Lipinski definition) is 0. The predicted octanol–water partition coefficient (Wildman–Crippen LogP) is 4.45. The van der Waals surface area contributed by atoms with E-state index in [1.807, 2.05) is 18.2 Å². The molecule has 1 aliphatic heterocycles. The molecule has 3 aromatic rings. The van der Waals surface area contributed by atoms with Gasteiger partial charge in [0.25, 0.3) is 0 Å². The van der Waals surface area contributed by atoms with Crippen molar-refractivity contribution in [3.8, 4) is 22.9 Å². The monoisotopic (exact) mass is 471 g/mol. The Kier molecular flexibility index (Phi) is 6.71. The summed E-state index contributed by atoms with van der Waals surface area (Å²) in [4.78, 5) is 4.87. The molecule has 1 atom stereocenters. The van der Waals surface area contributed by atoms with Gasteiger partial charge in [-0.2, -0.15) is 9.29 Å². The van der Waals surface area contributed by atoms with Gasteiger partial charge in [-0.15, -0.1) is 0 Å². The molecule has 4 rings (SSSR count). The molecular weight excluding hydrogens is 442 g/mol. The molecule has 0 unspecified atom stereocenters. The Morgan fingerprint density at radius 3 is 2.45 bits per heavy atom. The summed E-state index contributed by atoms with van der Waals surface area (Å²) in [7, 11) is -0.453. The molecule has 176 valence electrons. The Labute approximate surface area is 194 Å². The number of benzene rings is 2. The van der Waals surface area contributed by atoms with E-state index in [4.69, 9.17) is 14.0 Å². The fraction of sp³-hybridized carbons (Fsp3) is 0.417. The molecule has 0 amide bonds. The van der Waals surface area contributed by atoms with Crippen molar-refractivity contribution in [1.82, 2.24) is 14.4 Å². The molecule has 8 nitrogen and oxygen atoms in total. The summed E-state index contributed by atoms with van der Waals surface area (Å²) >= 11 is 0. The molecule has 1 fully saturated rings. The van der Waals surface area contributed by atoms with E-state index < -0.39 is 10.0 Å². The number of hydrogen-bond acceptors (Lipinski definition) is 7.